The number of thiazole rings is 1. The van der Waals surface area contributed by atoms with E-state index in [4.69, 9.17) is 4.74 Å². The van der Waals surface area contributed by atoms with Crippen molar-refractivity contribution in [3.05, 3.63) is 35.3 Å². The number of nitrogens with one attached hydrogen (secondary N) is 1. The van der Waals surface area contributed by atoms with Crippen molar-refractivity contribution in [3.63, 3.8) is 0 Å². The second-order valence-electron chi connectivity index (χ2n) is 6.14. The summed E-state index contributed by atoms with van der Waals surface area (Å²) in [6, 6.07) is 8.42. The van der Waals surface area contributed by atoms with Gasteiger partial charge in [0.25, 0.3) is 0 Å². The maximum Gasteiger partial charge on any atom is 0.230 e. The Hall–Kier alpha value is -1.53. The molecule has 134 valence electrons. The second kappa shape index (κ2) is 9.25. The number of rotatable bonds is 8. The molecule has 0 saturated heterocycles. The molecule has 0 aliphatic heterocycles. The molecule has 6 heteroatoms. The van der Waals surface area contributed by atoms with Crippen molar-refractivity contribution in [2.45, 2.75) is 44.4 Å². The molecular weight excluding hydrogens is 352 g/mol. The number of benzene rings is 1. The van der Waals surface area contributed by atoms with Crippen LogP contribution in [0.1, 0.15) is 38.3 Å². The van der Waals surface area contributed by atoms with E-state index in [-0.39, 0.29) is 5.91 Å². The van der Waals surface area contributed by atoms with Crippen LogP contribution in [-0.4, -0.2) is 29.3 Å². The number of ether oxygens (including phenoxy) is 1. The van der Waals surface area contributed by atoms with Gasteiger partial charge in [-0.25, -0.2) is 4.98 Å². The highest BCUT2D eigenvalue weighted by Crippen LogP contribution is 2.27. The predicted octanol–water partition coefficient (Wildman–Crippen LogP) is 4.50. The lowest BCUT2D eigenvalue weighted by molar-refractivity contribution is -0.119. The van der Waals surface area contributed by atoms with E-state index in [1.54, 1.807) is 23.1 Å². The van der Waals surface area contributed by atoms with Gasteiger partial charge in [0.1, 0.15) is 10.8 Å². The monoisotopic (exact) mass is 376 g/mol. The van der Waals surface area contributed by atoms with E-state index in [2.05, 4.69) is 15.7 Å². The number of carbonyl (C=O) groups excluding carboxylic acids is 1. The fourth-order valence-electron chi connectivity index (χ4n) is 2.95. The van der Waals surface area contributed by atoms with E-state index in [9.17, 15) is 4.79 Å². The van der Waals surface area contributed by atoms with Gasteiger partial charge >= 0.3 is 0 Å². The van der Waals surface area contributed by atoms with Gasteiger partial charge in [-0.15, -0.1) is 23.1 Å². The molecule has 1 aliphatic rings. The first-order valence-corrected chi connectivity index (χ1v) is 10.8. The number of amides is 1. The number of thioether (sulfide) groups is 1. The maximum absolute atomic E-state index is 11.9. The SMILES string of the molecule is CCOc1ccc(-c2nc(CSCC(=O)NC3CCCC3)cs2)cc1. The summed E-state index contributed by atoms with van der Waals surface area (Å²) in [4.78, 5) is 16.6. The lowest BCUT2D eigenvalue weighted by atomic mass is 10.2. The van der Waals surface area contributed by atoms with E-state index in [1.165, 1.54) is 12.8 Å². The van der Waals surface area contributed by atoms with Crippen LogP contribution >= 0.6 is 23.1 Å². The molecule has 1 aromatic carbocycles. The summed E-state index contributed by atoms with van der Waals surface area (Å²) in [5, 5.41) is 6.21. The van der Waals surface area contributed by atoms with Crippen LogP contribution in [-0.2, 0) is 10.5 Å². The molecule has 0 radical (unpaired) electrons. The van der Waals surface area contributed by atoms with Crippen molar-refractivity contribution in [1.82, 2.24) is 10.3 Å². The third-order valence-corrected chi connectivity index (χ3v) is 6.07. The average Bonchev–Trinajstić information content (AvgIpc) is 3.28. The Kier molecular flexibility index (Phi) is 6.76. The van der Waals surface area contributed by atoms with Gasteiger partial charge in [0.05, 0.1) is 18.1 Å². The zero-order chi connectivity index (χ0) is 17.5. The highest BCUT2D eigenvalue weighted by atomic mass is 32.2. The largest absolute Gasteiger partial charge is 0.494 e. The molecule has 1 N–H and O–H groups in total. The molecule has 1 amide bonds. The molecule has 1 fully saturated rings. The third kappa shape index (κ3) is 5.47. The second-order valence-corrected chi connectivity index (χ2v) is 7.99. The van der Waals surface area contributed by atoms with Crippen LogP contribution in [0.4, 0.5) is 0 Å². The van der Waals surface area contributed by atoms with Crippen LogP contribution in [0.5, 0.6) is 5.75 Å². The van der Waals surface area contributed by atoms with Crippen LogP contribution in [0.15, 0.2) is 29.6 Å². The summed E-state index contributed by atoms with van der Waals surface area (Å²) in [6.07, 6.45) is 4.75. The molecule has 3 rings (SSSR count). The molecule has 0 unspecified atom stereocenters. The van der Waals surface area contributed by atoms with Crippen LogP contribution in [0.3, 0.4) is 0 Å². The van der Waals surface area contributed by atoms with Crippen molar-refractivity contribution in [1.29, 1.82) is 0 Å². The lowest BCUT2D eigenvalue weighted by Gasteiger charge is -2.11. The summed E-state index contributed by atoms with van der Waals surface area (Å²) >= 11 is 3.27. The molecular formula is C19H24N2O2S2. The van der Waals surface area contributed by atoms with Crippen molar-refractivity contribution in [2.24, 2.45) is 0 Å². The van der Waals surface area contributed by atoms with E-state index in [1.807, 2.05) is 31.2 Å². The zero-order valence-corrected chi connectivity index (χ0v) is 16.1. The van der Waals surface area contributed by atoms with Gasteiger partial charge in [0.15, 0.2) is 0 Å². The first-order chi connectivity index (χ1) is 12.2. The highest BCUT2D eigenvalue weighted by Gasteiger charge is 2.16. The molecule has 0 bridgehead atoms. The van der Waals surface area contributed by atoms with E-state index in [0.29, 0.717) is 18.4 Å². The van der Waals surface area contributed by atoms with E-state index >= 15 is 0 Å². The molecule has 25 heavy (non-hydrogen) atoms. The minimum atomic E-state index is 0.152. The quantitative estimate of drug-likeness (QED) is 0.737. The third-order valence-electron chi connectivity index (χ3n) is 4.17. The normalized spacial score (nSPS) is 14.6. The summed E-state index contributed by atoms with van der Waals surface area (Å²) < 4.78 is 5.47. The summed E-state index contributed by atoms with van der Waals surface area (Å²) in [5.41, 5.74) is 2.14. The minimum absolute atomic E-state index is 0.152. The summed E-state index contributed by atoms with van der Waals surface area (Å²) in [7, 11) is 0. The molecule has 1 saturated carbocycles. The van der Waals surface area contributed by atoms with Gasteiger partial charge in [0.2, 0.25) is 5.91 Å². The topological polar surface area (TPSA) is 51.2 Å². The Bertz CT molecular complexity index is 679. The number of hydrogen-bond acceptors (Lipinski definition) is 5. The zero-order valence-electron chi connectivity index (χ0n) is 14.5. The first-order valence-electron chi connectivity index (χ1n) is 8.79. The van der Waals surface area contributed by atoms with Crippen molar-refractivity contribution >= 4 is 29.0 Å². The van der Waals surface area contributed by atoms with Gasteiger partial charge < -0.3 is 10.1 Å². The number of carbonyl (C=O) groups is 1. The molecule has 1 heterocycles. The van der Waals surface area contributed by atoms with Crippen molar-refractivity contribution in [2.75, 3.05) is 12.4 Å². The number of hydrogen-bond donors (Lipinski definition) is 1. The van der Waals surface area contributed by atoms with Gasteiger partial charge in [-0.2, -0.15) is 0 Å². The van der Waals surface area contributed by atoms with Crippen LogP contribution < -0.4 is 10.1 Å². The average molecular weight is 377 g/mol. The van der Waals surface area contributed by atoms with Gasteiger partial charge in [0, 0.05) is 22.7 Å². The molecule has 1 aromatic heterocycles. The molecule has 1 aliphatic carbocycles. The minimum Gasteiger partial charge on any atom is -0.494 e. The highest BCUT2D eigenvalue weighted by molar-refractivity contribution is 7.99. The van der Waals surface area contributed by atoms with Crippen molar-refractivity contribution in [3.8, 4) is 16.3 Å². The van der Waals surface area contributed by atoms with Gasteiger partial charge in [-0.1, -0.05) is 12.8 Å². The smallest absolute Gasteiger partial charge is 0.230 e. The Morgan fingerprint density at radius 2 is 2.08 bits per heavy atom. The van der Waals surface area contributed by atoms with Gasteiger partial charge in [-0.05, 0) is 44.0 Å². The summed E-state index contributed by atoms with van der Waals surface area (Å²) in [5.74, 6) is 2.31. The molecule has 2 aromatic rings. The fourth-order valence-corrected chi connectivity index (χ4v) is 4.61. The number of aromatic nitrogens is 1. The van der Waals surface area contributed by atoms with Gasteiger partial charge in [-0.3, -0.25) is 4.79 Å². The van der Waals surface area contributed by atoms with E-state index in [0.717, 1.165) is 40.6 Å². The molecule has 0 atom stereocenters. The lowest BCUT2D eigenvalue weighted by Crippen LogP contribution is -2.33. The first kappa shape index (κ1) is 18.3. The Morgan fingerprint density at radius 3 is 2.80 bits per heavy atom. The van der Waals surface area contributed by atoms with E-state index < -0.39 is 0 Å². The van der Waals surface area contributed by atoms with Crippen molar-refractivity contribution < 1.29 is 9.53 Å². The maximum atomic E-state index is 11.9. The molecule has 0 spiro atoms. The Morgan fingerprint density at radius 1 is 1.32 bits per heavy atom. The number of nitrogens with zero attached hydrogens (tertiary/aromatic N) is 1. The van der Waals surface area contributed by atoms with Crippen LogP contribution in [0.25, 0.3) is 10.6 Å². The van der Waals surface area contributed by atoms with Crippen LogP contribution in [0, 0.1) is 0 Å². The Balaban J connectivity index is 1.45. The summed E-state index contributed by atoms with van der Waals surface area (Å²) in [6.45, 7) is 2.65. The fraction of sp³-hybridized carbons (Fsp3) is 0.474. The predicted molar refractivity (Wildman–Crippen MR) is 105 cm³/mol. The molecule has 4 nitrogen and oxygen atoms in total. The standard InChI is InChI=1S/C19H24N2O2S2/c1-2-23-17-9-7-14(8-10-17)19-21-16(12-25-19)11-24-13-18(22)20-15-5-3-4-6-15/h7-10,12,15H,2-6,11,13H2,1H3,(H,20,22). The van der Waals surface area contributed by atoms with Crippen LogP contribution in [0.2, 0.25) is 0 Å². The Labute approximate surface area is 157 Å².